The van der Waals surface area contributed by atoms with Crippen LogP contribution < -0.4 is 10.1 Å². The maximum atomic E-state index is 13.9. The molecule has 0 bridgehead atoms. The first-order chi connectivity index (χ1) is 18.5. The Hall–Kier alpha value is -3.27. The summed E-state index contributed by atoms with van der Waals surface area (Å²) < 4.78 is 20.5. The van der Waals surface area contributed by atoms with E-state index in [-0.39, 0.29) is 5.91 Å². The molecule has 2 heterocycles. The number of aryl methyl sites for hydroxylation is 1. The number of amides is 1. The van der Waals surface area contributed by atoms with Crippen molar-refractivity contribution in [1.82, 2.24) is 25.0 Å². The average molecular weight is 570 g/mol. The van der Waals surface area contributed by atoms with E-state index in [1.807, 2.05) is 62.1 Å². The Balaban J connectivity index is 1.78. The predicted molar refractivity (Wildman–Crippen MR) is 160 cm³/mol. The number of carbonyl (C=O) groups is 1. The van der Waals surface area contributed by atoms with Crippen molar-refractivity contribution in [3.8, 4) is 17.0 Å². The molecule has 39 heavy (non-hydrogen) atoms. The average Bonchev–Trinajstić information content (AvgIpc) is 3.26. The van der Waals surface area contributed by atoms with Gasteiger partial charge in [-0.25, -0.2) is 4.98 Å². The van der Waals surface area contributed by atoms with Crippen molar-refractivity contribution in [2.45, 2.75) is 31.8 Å². The first kappa shape index (κ1) is 28.7. The molecule has 0 aliphatic rings. The number of halogens is 1. The Bertz CT molecular complexity index is 1560. The number of hydrogen-bond donors (Lipinski definition) is 2. The van der Waals surface area contributed by atoms with Crippen LogP contribution in [0.25, 0.3) is 22.2 Å². The summed E-state index contributed by atoms with van der Waals surface area (Å²) >= 11 is 6.53. The largest absolute Gasteiger partial charge is 0.491 e. The van der Waals surface area contributed by atoms with Crippen molar-refractivity contribution in [1.29, 1.82) is 0 Å². The van der Waals surface area contributed by atoms with E-state index in [0.29, 0.717) is 57.5 Å². The second-order valence-electron chi connectivity index (χ2n) is 9.94. The molecule has 1 amide bonds. The summed E-state index contributed by atoms with van der Waals surface area (Å²) in [6, 6.07) is 12.8. The Morgan fingerprint density at radius 3 is 2.59 bits per heavy atom. The summed E-state index contributed by atoms with van der Waals surface area (Å²) in [6.07, 6.45) is 5.25. The molecule has 1 N–H and O–H groups in total. The second kappa shape index (κ2) is 11.9. The normalized spacial score (nSPS) is 12.1. The monoisotopic (exact) mass is 569 g/mol. The van der Waals surface area contributed by atoms with E-state index in [9.17, 15) is 9.00 Å². The van der Waals surface area contributed by atoms with Gasteiger partial charge in [-0.3, -0.25) is 13.7 Å². The molecule has 4 rings (SSSR count). The van der Waals surface area contributed by atoms with E-state index in [0.717, 1.165) is 23.4 Å². The van der Waals surface area contributed by atoms with Crippen LogP contribution in [-0.4, -0.2) is 69.5 Å². The molecule has 0 fully saturated rings. The minimum Gasteiger partial charge on any atom is -0.491 e. The molecule has 0 saturated heterocycles. The molecular weight excluding hydrogens is 534 g/mol. The number of pyridine rings is 1. The number of carbonyl (C=O) groups excluding carboxylic acids is 1. The fourth-order valence-corrected chi connectivity index (χ4v) is 5.51. The van der Waals surface area contributed by atoms with E-state index < -0.39 is 9.93 Å². The zero-order chi connectivity index (χ0) is 28.3. The molecule has 0 aliphatic carbocycles. The van der Waals surface area contributed by atoms with Crippen molar-refractivity contribution in [3.05, 3.63) is 70.5 Å². The molecule has 8 nitrogen and oxygen atoms in total. The second-order valence-corrected chi connectivity index (χ2v) is 13.6. The zero-order valence-electron chi connectivity index (χ0n) is 23.3. The van der Waals surface area contributed by atoms with Gasteiger partial charge in [-0.2, -0.15) is 5.10 Å². The van der Waals surface area contributed by atoms with Gasteiger partial charge in [0.15, 0.2) is 0 Å². The van der Waals surface area contributed by atoms with Gasteiger partial charge in [0.25, 0.3) is 5.91 Å². The molecule has 2 aromatic heterocycles. The molecule has 0 saturated carbocycles. The lowest BCUT2D eigenvalue weighted by molar-refractivity contribution is 0.0786. The van der Waals surface area contributed by atoms with Crippen LogP contribution in [0.5, 0.6) is 5.75 Å². The number of hydrogen-bond acceptors (Lipinski definition) is 6. The summed E-state index contributed by atoms with van der Waals surface area (Å²) in [5.74, 6) is 0.423. The molecule has 208 valence electrons. The number of thiol groups is 1. The Morgan fingerprint density at radius 1 is 1.18 bits per heavy atom. The molecule has 0 atom stereocenters. The van der Waals surface area contributed by atoms with Crippen molar-refractivity contribution >= 4 is 38.3 Å². The van der Waals surface area contributed by atoms with Gasteiger partial charge in [-0.15, -0.1) is 0 Å². The summed E-state index contributed by atoms with van der Waals surface area (Å²) in [5.41, 5.74) is 4.52. The zero-order valence-corrected chi connectivity index (χ0v) is 24.9. The van der Waals surface area contributed by atoms with Crippen molar-refractivity contribution in [2.24, 2.45) is 0 Å². The standard InChI is InChI=1S/C29H36ClN5O3S/c1-7-35-19(2)21(17-32-35)18-34(4)29(36)24-16-27(20-8-11-28(25(30)14-20)38-13-12-31-3)33-26-10-9-22(15-23(24)26)39(5,6)37/h8-11,14-17,31,39H,7,12-13,18H2,1-6H3. The number of nitrogens with one attached hydrogen (secondary N) is 1. The summed E-state index contributed by atoms with van der Waals surface area (Å²) in [4.78, 5) is 21.1. The minimum absolute atomic E-state index is 0.162. The highest BCUT2D eigenvalue weighted by Gasteiger charge is 2.21. The number of rotatable bonds is 10. The van der Waals surface area contributed by atoms with E-state index in [4.69, 9.17) is 21.3 Å². The van der Waals surface area contributed by atoms with Crippen LogP contribution in [0, 0.1) is 6.92 Å². The number of benzene rings is 2. The van der Waals surface area contributed by atoms with Gasteiger partial charge < -0.3 is 15.0 Å². The first-order valence-electron chi connectivity index (χ1n) is 12.9. The predicted octanol–water partition coefficient (Wildman–Crippen LogP) is 4.59. The van der Waals surface area contributed by atoms with Crippen molar-refractivity contribution < 1.29 is 13.7 Å². The maximum absolute atomic E-state index is 13.9. The van der Waals surface area contributed by atoms with Crippen LogP contribution in [0.4, 0.5) is 0 Å². The van der Waals surface area contributed by atoms with Crippen molar-refractivity contribution in [3.63, 3.8) is 0 Å². The van der Waals surface area contributed by atoms with Crippen LogP contribution in [0.3, 0.4) is 0 Å². The molecule has 0 aliphatic heterocycles. The number of ether oxygens (including phenoxy) is 1. The number of likely N-dealkylation sites (N-methyl/N-ethyl adjacent to an activating group) is 1. The fourth-order valence-electron chi connectivity index (χ4n) is 4.41. The lowest BCUT2D eigenvalue weighted by Gasteiger charge is -2.20. The molecule has 10 heteroatoms. The quantitative estimate of drug-likeness (QED) is 0.215. The number of nitrogens with zero attached hydrogens (tertiary/aromatic N) is 4. The summed E-state index contributed by atoms with van der Waals surface area (Å²) in [5, 5.41) is 8.58. The Labute approximate surface area is 235 Å². The summed E-state index contributed by atoms with van der Waals surface area (Å²) in [6.45, 7) is 6.41. The van der Waals surface area contributed by atoms with Gasteiger partial charge in [0.2, 0.25) is 0 Å². The van der Waals surface area contributed by atoms with Gasteiger partial charge in [-0.1, -0.05) is 21.5 Å². The highest BCUT2D eigenvalue weighted by atomic mass is 35.5. The highest BCUT2D eigenvalue weighted by molar-refractivity contribution is 8.01. The van der Waals surface area contributed by atoms with Gasteiger partial charge >= 0.3 is 0 Å². The molecular formula is C29H36ClN5O3S. The van der Waals surface area contributed by atoms with Gasteiger partial charge in [0, 0.05) is 53.8 Å². The first-order valence-corrected chi connectivity index (χ1v) is 15.9. The molecule has 0 radical (unpaired) electrons. The van der Waals surface area contributed by atoms with Crippen molar-refractivity contribution in [2.75, 3.05) is 39.8 Å². The highest BCUT2D eigenvalue weighted by Crippen LogP contribution is 2.33. The maximum Gasteiger partial charge on any atom is 0.254 e. The van der Waals surface area contributed by atoms with E-state index >= 15 is 0 Å². The third-order valence-corrected chi connectivity index (χ3v) is 8.56. The number of aromatic nitrogens is 3. The Kier molecular flexibility index (Phi) is 8.73. The van der Waals surface area contributed by atoms with Gasteiger partial charge in [-0.05, 0) is 75.9 Å². The topological polar surface area (TPSA) is 89.3 Å². The molecule has 2 aromatic carbocycles. The van der Waals surface area contributed by atoms with Gasteiger partial charge in [0.1, 0.15) is 12.4 Å². The molecule has 0 spiro atoms. The molecule has 0 unspecified atom stereocenters. The fraction of sp³-hybridized carbons (Fsp3) is 0.345. The van der Waals surface area contributed by atoms with Crippen LogP contribution in [0.1, 0.15) is 28.5 Å². The Morgan fingerprint density at radius 2 is 1.95 bits per heavy atom. The van der Waals surface area contributed by atoms with Crippen LogP contribution in [0.2, 0.25) is 5.02 Å². The smallest absolute Gasteiger partial charge is 0.254 e. The molecule has 4 aromatic rings. The van der Waals surface area contributed by atoms with Crippen LogP contribution >= 0.6 is 11.6 Å². The third-order valence-electron chi connectivity index (χ3n) is 6.74. The number of fused-ring (bicyclic) bond motifs is 1. The van der Waals surface area contributed by atoms with Crippen LogP contribution in [-0.2, 0) is 23.0 Å². The van der Waals surface area contributed by atoms with Gasteiger partial charge in [0.05, 0.1) is 28.0 Å². The van der Waals surface area contributed by atoms with Crippen LogP contribution in [0.15, 0.2) is 53.6 Å². The lowest BCUT2D eigenvalue weighted by atomic mass is 10.0. The SMILES string of the molecule is CCn1ncc(CN(C)C(=O)c2cc(-c3ccc(OCCNC)c(Cl)c3)nc3ccc([SH](C)(C)=O)cc23)c1C. The third kappa shape index (κ3) is 6.32. The summed E-state index contributed by atoms with van der Waals surface area (Å²) in [7, 11) is 1.08. The van der Waals surface area contributed by atoms with E-state index in [1.54, 1.807) is 36.6 Å². The van der Waals surface area contributed by atoms with E-state index in [1.165, 1.54) is 0 Å². The van der Waals surface area contributed by atoms with E-state index in [2.05, 4.69) is 10.4 Å². The minimum atomic E-state index is -2.55. The lowest BCUT2D eigenvalue weighted by Crippen LogP contribution is -2.27.